The van der Waals surface area contributed by atoms with Crippen molar-refractivity contribution >= 4 is 5.96 Å². The molecule has 5 N–H and O–H groups in total. The van der Waals surface area contributed by atoms with Crippen molar-refractivity contribution in [3.05, 3.63) is 0 Å². The summed E-state index contributed by atoms with van der Waals surface area (Å²) in [6.45, 7) is 6.39. The van der Waals surface area contributed by atoms with Crippen LogP contribution in [0.4, 0.5) is 0 Å². The number of nitrogens with two attached hydrogens (primary N) is 2. The molecule has 0 heterocycles. The van der Waals surface area contributed by atoms with E-state index in [2.05, 4.69) is 18.8 Å². The molecular formula is C23H41N3O2. The second-order valence-electron chi connectivity index (χ2n) is 10.7. The quantitative estimate of drug-likeness (QED) is 0.380. The molecule has 0 amide bonds. The smallest absolute Gasteiger partial charge is 0.185 e. The number of ether oxygens (including phenoxy) is 1. The van der Waals surface area contributed by atoms with Gasteiger partial charge in [-0.2, -0.15) is 0 Å². The Morgan fingerprint density at radius 1 is 1.00 bits per heavy atom. The Balaban J connectivity index is 1.35. The van der Waals surface area contributed by atoms with E-state index in [9.17, 15) is 5.11 Å². The molecule has 5 heteroatoms. The molecule has 4 rings (SSSR count). The van der Waals surface area contributed by atoms with E-state index in [-0.39, 0.29) is 17.5 Å². The van der Waals surface area contributed by atoms with Gasteiger partial charge >= 0.3 is 0 Å². The van der Waals surface area contributed by atoms with Crippen molar-refractivity contribution in [3.63, 3.8) is 0 Å². The van der Waals surface area contributed by atoms with E-state index in [1.807, 2.05) is 0 Å². The predicted molar refractivity (Wildman–Crippen MR) is 113 cm³/mol. The first kappa shape index (κ1) is 20.5. The zero-order chi connectivity index (χ0) is 19.9. The summed E-state index contributed by atoms with van der Waals surface area (Å²) in [5.41, 5.74) is 11.4. The summed E-state index contributed by atoms with van der Waals surface area (Å²) in [6.07, 6.45) is 12.5. The Bertz CT molecular complexity index is 592. The molecule has 160 valence electrons. The maximum Gasteiger partial charge on any atom is 0.185 e. The molecule has 0 aromatic rings. The fourth-order valence-electron chi connectivity index (χ4n) is 7.87. The zero-order valence-electron chi connectivity index (χ0n) is 17.9. The van der Waals surface area contributed by atoms with Crippen LogP contribution in [0.5, 0.6) is 0 Å². The first-order valence-electron chi connectivity index (χ1n) is 11.7. The van der Waals surface area contributed by atoms with Gasteiger partial charge < -0.3 is 21.3 Å². The van der Waals surface area contributed by atoms with Crippen LogP contribution >= 0.6 is 0 Å². The summed E-state index contributed by atoms with van der Waals surface area (Å²) in [5, 5.41) is 10.6. The van der Waals surface area contributed by atoms with Crippen molar-refractivity contribution in [1.82, 2.24) is 0 Å². The molecule has 4 unspecified atom stereocenters. The van der Waals surface area contributed by atoms with Gasteiger partial charge in [-0.25, -0.2) is 0 Å². The molecule has 4 fully saturated rings. The molecule has 0 spiro atoms. The van der Waals surface area contributed by atoms with Crippen molar-refractivity contribution in [1.29, 1.82) is 0 Å². The number of guanidine groups is 1. The van der Waals surface area contributed by atoms with E-state index in [0.717, 1.165) is 43.1 Å². The standard InChI is InChI=1S/C23H41N3O2/c1-22-10-8-16(28-13-3-12-26-21(24)25)14-15(22)4-5-17-18-6-7-20(27)23(18,2)11-9-19(17)22/h15-20,27H,3-14H2,1-2H3,(H4,24,25,26)/t15?,16-,17?,18?,19?,20-,22-,23-/m0/s1. The highest BCUT2D eigenvalue weighted by Gasteiger charge is 2.60. The number of aliphatic hydroxyl groups excluding tert-OH is 1. The fourth-order valence-corrected chi connectivity index (χ4v) is 7.87. The lowest BCUT2D eigenvalue weighted by Crippen LogP contribution is -2.54. The molecule has 28 heavy (non-hydrogen) atoms. The second kappa shape index (κ2) is 7.79. The summed E-state index contributed by atoms with van der Waals surface area (Å²) in [4.78, 5) is 4.04. The van der Waals surface area contributed by atoms with Gasteiger partial charge in [0.2, 0.25) is 0 Å². The van der Waals surface area contributed by atoms with Crippen molar-refractivity contribution in [2.45, 2.75) is 90.3 Å². The number of aliphatic hydroxyl groups is 1. The predicted octanol–water partition coefficient (Wildman–Crippen LogP) is 3.44. The Labute approximate surface area is 170 Å². The van der Waals surface area contributed by atoms with Crippen LogP contribution in [0, 0.1) is 34.5 Å². The van der Waals surface area contributed by atoms with Crippen LogP contribution in [-0.2, 0) is 4.74 Å². The number of aliphatic imine (C=N–C) groups is 1. The van der Waals surface area contributed by atoms with Gasteiger partial charge in [0.1, 0.15) is 0 Å². The lowest BCUT2D eigenvalue weighted by molar-refractivity contribution is -0.140. The average molecular weight is 392 g/mol. The Hall–Kier alpha value is -0.810. The highest BCUT2D eigenvalue weighted by Crippen LogP contribution is 2.66. The molecule has 0 aliphatic heterocycles. The first-order chi connectivity index (χ1) is 13.3. The Morgan fingerprint density at radius 2 is 1.75 bits per heavy atom. The number of nitrogens with zero attached hydrogens (tertiary/aromatic N) is 1. The zero-order valence-corrected chi connectivity index (χ0v) is 17.9. The van der Waals surface area contributed by atoms with Gasteiger partial charge in [0, 0.05) is 13.2 Å². The van der Waals surface area contributed by atoms with Gasteiger partial charge in [0.15, 0.2) is 5.96 Å². The van der Waals surface area contributed by atoms with Crippen molar-refractivity contribution in [2.75, 3.05) is 13.2 Å². The van der Waals surface area contributed by atoms with Crippen LogP contribution in [0.15, 0.2) is 4.99 Å². The lowest BCUT2D eigenvalue weighted by atomic mass is 9.45. The third-order valence-electron chi connectivity index (χ3n) is 9.52. The molecule has 4 aliphatic carbocycles. The topological polar surface area (TPSA) is 93.9 Å². The molecule has 5 nitrogen and oxygen atoms in total. The second-order valence-corrected chi connectivity index (χ2v) is 10.7. The number of fused-ring (bicyclic) bond motifs is 5. The van der Waals surface area contributed by atoms with E-state index in [1.54, 1.807) is 0 Å². The van der Waals surface area contributed by atoms with Crippen LogP contribution in [0.25, 0.3) is 0 Å². The van der Waals surface area contributed by atoms with E-state index in [0.29, 0.717) is 18.1 Å². The van der Waals surface area contributed by atoms with Crippen molar-refractivity contribution in [3.8, 4) is 0 Å². The van der Waals surface area contributed by atoms with Crippen molar-refractivity contribution < 1.29 is 9.84 Å². The maximum atomic E-state index is 10.6. The van der Waals surface area contributed by atoms with Crippen LogP contribution in [0.3, 0.4) is 0 Å². The van der Waals surface area contributed by atoms with Gasteiger partial charge in [0.05, 0.1) is 12.2 Å². The van der Waals surface area contributed by atoms with Gasteiger partial charge in [-0.3, -0.25) is 4.99 Å². The minimum Gasteiger partial charge on any atom is -0.393 e. The van der Waals surface area contributed by atoms with Crippen LogP contribution < -0.4 is 11.5 Å². The van der Waals surface area contributed by atoms with Gasteiger partial charge in [-0.15, -0.1) is 0 Å². The normalized spacial score (nSPS) is 47.7. The monoisotopic (exact) mass is 391 g/mol. The number of hydrogen-bond donors (Lipinski definition) is 3. The van der Waals surface area contributed by atoms with Gasteiger partial charge in [0.25, 0.3) is 0 Å². The van der Waals surface area contributed by atoms with E-state index < -0.39 is 0 Å². The molecule has 0 bridgehead atoms. The van der Waals surface area contributed by atoms with Crippen molar-refractivity contribution in [2.24, 2.45) is 51.0 Å². The molecular weight excluding hydrogens is 350 g/mol. The van der Waals surface area contributed by atoms with Gasteiger partial charge in [-0.05, 0) is 98.7 Å². The molecule has 0 aromatic heterocycles. The minimum absolute atomic E-state index is 0.0629. The number of hydrogen-bond acceptors (Lipinski definition) is 3. The van der Waals surface area contributed by atoms with Crippen LogP contribution in [0.1, 0.15) is 78.1 Å². The fraction of sp³-hybridized carbons (Fsp3) is 0.957. The minimum atomic E-state index is -0.0629. The first-order valence-corrected chi connectivity index (χ1v) is 11.7. The summed E-state index contributed by atoms with van der Waals surface area (Å²) < 4.78 is 6.21. The third kappa shape index (κ3) is 3.47. The Kier molecular flexibility index (Phi) is 5.69. The van der Waals surface area contributed by atoms with E-state index in [4.69, 9.17) is 16.2 Å². The average Bonchev–Trinajstić information content (AvgIpc) is 2.96. The van der Waals surface area contributed by atoms with Crippen LogP contribution in [0.2, 0.25) is 0 Å². The van der Waals surface area contributed by atoms with Crippen LogP contribution in [-0.4, -0.2) is 36.4 Å². The highest BCUT2D eigenvalue weighted by atomic mass is 16.5. The maximum absolute atomic E-state index is 10.6. The number of rotatable bonds is 5. The highest BCUT2D eigenvalue weighted by molar-refractivity contribution is 5.75. The van der Waals surface area contributed by atoms with E-state index >= 15 is 0 Å². The third-order valence-corrected chi connectivity index (χ3v) is 9.52. The summed E-state index contributed by atoms with van der Waals surface area (Å²) in [5.74, 6) is 3.43. The molecule has 0 saturated heterocycles. The van der Waals surface area contributed by atoms with Gasteiger partial charge in [-0.1, -0.05) is 13.8 Å². The summed E-state index contributed by atoms with van der Waals surface area (Å²) in [7, 11) is 0. The Morgan fingerprint density at radius 3 is 2.54 bits per heavy atom. The molecule has 0 aromatic carbocycles. The molecule has 4 aliphatic rings. The molecule has 4 saturated carbocycles. The largest absolute Gasteiger partial charge is 0.393 e. The SMILES string of the molecule is C[C@]12CC[C@H](OCCCN=C(N)N)CC1CCC1C2CC[C@@]2(C)C1CC[C@@H]2O. The summed E-state index contributed by atoms with van der Waals surface area (Å²) in [6, 6.07) is 0. The molecule has 8 atom stereocenters. The summed E-state index contributed by atoms with van der Waals surface area (Å²) >= 11 is 0. The lowest BCUT2D eigenvalue weighted by Gasteiger charge is -2.60. The molecule has 0 radical (unpaired) electrons. The van der Waals surface area contributed by atoms with E-state index in [1.165, 1.54) is 51.4 Å².